The summed E-state index contributed by atoms with van der Waals surface area (Å²) in [6.45, 7) is 0. The van der Waals surface area contributed by atoms with Crippen LogP contribution in [0.4, 0.5) is 0 Å². The summed E-state index contributed by atoms with van der Waals surface area (Å²) in [6, 6.07) is 62.2. The van der Waals surface area contributed by atoms with Crippen molar-refractivity contribution in [3.8, 4) is 45.2 Å². The zero-order valence-corrected chi connectivity index (χ0v) is 31.8. The molecule has 3 aromatic heterocycles. The van der Waals surface area contributed by atoms with Crippen molar-refractivity contribution in [1.29, 1.82) is 0 Å². The molecule has 0 N–H and O–H groups in total. The number of pyridine rings is 1. The smallest absolute Gasteiger partial charge is 0.160 e. The molecule has 0 bridgehead atoms. The van der Waals surface area contributed by atoms with Gasteiger partial charge in [0.15, 0.2) is 5.82 Å². The quantitative estimate of drug-likeness (QED) is 0.159. The highest BCUT2D eigenvalue weighted by molar-refractivity contribution is 7.26. The molecule has 268 valence electrons. The summed E-state index contributed by atoms with van der Waals surface area (Å²) in [5.41, 5.74) is 12.1. The molecule has 1 aliphatic carbocycles. The summed E-state index contributed by atoms with van der Waals surface area (Å²) in [4.78, 5) is 15.2. The molecule has 1 atom stereocenters. The van der Waals surface area contributed by atoms with E-state index in [0.29, 0.717) is 5.92 Å². The van der Waals surface area contributed by atoms with Crippen molar-refractivity contribution in [2.75, 3.05) is 0 Å². The zero-order chi connectivity index (χ0) is 37.7. The lowest BCUT2D eigenvalue weighted by Crippen LogP contribution is -1.99. The number of benzene rings is 7. The van der Waals surface area contributed by atoms with Gasteiger partial charge in [-0.3, -0.25) is 0 Å². The fourth-order valence-corrected chi connectivity index (χ4v) is 9.66. The molecular weight excluding hydrogens is 711 g/mol. The second-order valence-electron chi connectivity index (χ2n) is 14.7. The van der Waals surface area contributed by atoms with Gasteiger partial charge in [0.25, 0.3) is 0 Å². The maximum Gasteiger partial charge on any atom is 0.160 e. The summed E-state index contributed by atoms with van der Waals surface area (Å²) in [5.74, 6) is 1.03. The Bertz CT molecular complexity index is 3130. The fourth-order valence-electron chi connectivity index (χ4n) is 8.41. The van der Waals surface area contributed by atoms with E-state index in [1.807, 2.05) is 35.6 Å². The molecule has 1 aliphatic rings. The summed E-state index contributed by atoms with van der Waals surface area (Å²) >= 11 is 1.90. The van der Waals surface area contributed by atoms with Crippen LogP contribution in [0.3, 0.4) is 0 Å². The molecule has 0 aliphatic heterocycles. The Morgan fingerprint density at radius 2 is 1.14 bits per heavy atom. The standard InChI is InChI=1S/C53H35N3S/c1-4-13-37(14-5-1)46-33-47(56-53(55-46)40-17-8-3-9-18-40)38-29-25-35(26-30-38)34-23-27-36(28-24-34)41-20-12-21-44-50-48(57-52(41)44)32-31-43-49(50)42-19-10-11-22-45(42)54-51(43)39-15-6-2-7-16-39/h1-23,25-34H,24H2. The van der Waals surface area contributed by atoms with Gasteiger partial charge in [0.2, 0.25) is 0 Å². The Morgan fingerprint density at radius 3 is 1.86 bits per heavy atom. The molecule has 0 fully saturated rings. The number of nitrogens with zero attached hydrogens (tertiary/aromatic N) is 3. The van der Waals surface area contributed by atoms with Crippen molar-refractivity contribution in [3.05, 3.63) is 205 Å². The zero-order valence-electron chi connectivity index (χ0n) is 31.0. The number of thiophene rings is 1. The van der Waals surface area contributed by atoms with Crippen molar-refractivity contribution in [1.82, 2.24) is 15.0 Å². The highest BCUT2D eigenvalue weighted by Crippen LogP contribution is 2.46. The molecule has 3 nitrogen and oxygen atoms in total. The third kappa shape index (κ3) is 5.94. The lowest BCUT2D eigenvalue weighted by Gasteiger charge is -2.18. The van der Waals surface area contributed by atoms with Crippen molar-refractivity contribution in [3.63, 3.8) is 0 Å². The average Bonchev–Trinajstić information content (AvgIpc) is 3.69. The first-order valence-electron chi connectivity index (χ1n) is 19.5. The molecule has 4 heteroatoms. The first-order valence-corrected chi connectivity index (χ1v) is 20.3. The van der Waals surface area contributed by atoms with Crippen LogP contribution in [-0.4, -0.2) is 15.0 Å². The molecule has 0 spiro atoms. The summed E-state index contributed by atoms with van der Waals surface area (Å²) in [5, 5.41) is 6.29. The maximum atomic E-state index is 5.20. The number of aromatic nitrogens is 3. The van der Waals surface area contributed by atoms with Crippen LogP contribution < -0.4 is 0 Å². The lowest BCUT2D eigenvalue weighted by molar-refractivity contribution is 0.857. The van der Waals surface area contributed by atoms with E-state index in [0.717, 1.165) is 57.1 Å². The summed E-state index contributed by atoms with van der Waals surface area (Å²) in [6.07, 6.45) is 8.07. The van der Waals surface area contributed by atoms with Gasteiger partial charge >= 0.3 is 0 Å². The molecule has 1 unspecified atom stereocenters. The van der Waals surface area contributed by atoms with Gasteiger partial charge < -0.3 is 0 Å². The third-order valence-corrected chi connectivity index (χ3v) is 12.4. The summed E-state index contributed by atoms with van der Waals surface area (Å²) < 4.78 is 2.63. The number of hydrogen-bond acceptors (Lipinski definition) is 4. The topological polar surface area (TPSA) is 38.7 Å². The van der Waals surface area contributed by atoms with E-state index >= 15 is 0 Å². The van der Waals surface area contributed by atoms with Crippen LogP contribution in [0.25, 0.3) is 92.6 Å². The van der Waals surface area contributed by atoms with E-state index < -0.39 is 0 Å². The SMILES string of the molecule is C1=CC(c2ccc(-c3cc(-c4ccccc4)nc(-c4ccccc4)n3)cc2)CC=C1c1cccc2c1sc1ccc3c(-c4ccccc4)nc4ccccc4c3c12. The van der Waals surface area contributed by atoms with Gasteiger partial charge in [0.1, 0.15) is 0 Å². The van der Waals surface area contributed by atoms with Crippen LogP contribution in [-0.2, 0) is 0 Å². The Labute approximate surface area is 335 Å². The average molecular weight is 746 g/mol. The highest BCUT2D eigenvalue weighted by Gasteiger charge is 2.20. The van der Waals surface area contributed by atoms with Crippen LogP contribution in [0.15, 0.2) is 194 Å². The van der Waals surface area contributed by atoms with Crippen LogP contribution in [0.5, 0.6) is 0 Å². The first-order chi connectivity index (χ1) is 28.2. The van der Waals surface area contributed by atoms with Gasteiger partial charge in [-0.15, -0.1) is 11.3 Å². The van der Waals surface area contributed by atoms with Crippen molar-refractivity contribution in [2.45, 2.75) is 12.3 Å². The molecule has 0 radical (unpaired) electrons. The van der Waals surface area contributed by atoms with Crippen LogP contribution in [0, 0.1) is 0 Å². The van der Waals surface area contributed by atoms with Crippen LogP contribution in [0.1, 0.15) is 23.5 Å². The second-order valence-corrected chi connectivity index (χ2v) is 15.7. The number of allylic oxidation sites excluding steroid dienone is 4. The van der Waals surface area contributed by atoms with Gasteiger partial charge in [0, 0.05) is 64.5 Å². The molecule has 0 saturated carbocycles. The van der Waals surface area contributed by atoms with Gasteiger partial charge in [-0.1, -0.05) is 176 Å². The Hall–Kier alpha value is -7.01. The summed E-state index contributed by atoms with van der Waals surface area (Å²) in [7, 11) is 0. The molecule has 0 saturated heterocycles. The van der Waals surface area contributed by atoms with Gasteiger partial charge in [0.05, 0.1) is 22.6 Å². The minimum Gasteiger partial charge on any atom is -0.247 e. The van der Waals surface area contributed by atoms with Gasteiger partial charge in [-0.05, 0) is 41.3 Å². The number of para-hydroxylation sites is 1. The molecule has 11 rings (SSSR count). The molecule has 0 amide bonds. The molecule has 3 heterocycles. The Kier molecular flexibility index (Phi) is 8.15. The van der Waals surface area contributed by atoms with Gasteiger partial charge in [-0.2, -0.15) is 0 Å². The van der Waals surface area contributed by atoms with E-state index in [1.54, 1.807) is 0 Å². The van der Waals surface area contributed by atoms with E-state index in [4.69, 9.17) is 15.0 Å². The van der Waals surface area contributed by atoms with Gasteiger partial charge in [-0.25, -0.2) is 15.0 Å². The van der Waals surface area contributed by atoms with E-state index in [2.05, 4.69) is 170 Å². The highest BCUT2D eigenvalue weighted by atomic mass is 32.1. The fraction of sp³-hybridized carbons (Fsp3) is 0.0377. The largest absolute Gasteiger partial charge is 0.247 e. The van der Waals surface area contributed by atoms with Crippen LogP contribution in [0.2, 0.25) is 0 Å². The molecule has 10 aromatic rings. The predicted octanol–water partition coefficient (Wildman–Crippen LogP) is 14.3. The third-order valence-electron chi connectivity index (χ3n) is 11.2. The number of fused-ring (bicyclic) bond motifs is 7. The van der Waals surface area contributed by atoms with Crippen molar-refractivity contribution in [2.24, 2.45) is 0 Å². The minimum absolute atomic E-state index is 0.300. The van der Waals surface area contributed by atoms with Crippen LogP contribution >= 0.6 is 11.3 Å². The predicted molar refractivity (Wildman–Crippen MR) is 240 cm³/mol. The lowest BCUT2D eigenvalue weighted by atomic mass is 9.87. The minimum atomic E-state index is 0.300. The number of hydrogen-bond donors (Lipinski definition) is 0. The Balaban J connectivity index is 0.929. The normalized spacial score (nSPS) is 14.1. The Morgan fingerprint density at radius 1 is 0.491 bits per heavy atom. The van der Waals surface area contributed by atoms with E-state index in [9.17, 15) is 0 Å². The van der Waals surface area contributed by atoms with Crippen molar-refractivity contribution < 1.29 is 0 Å². The monoisotopic (exact) mass is 745 g/mol. The first kappa shape index (κ1) is 33.3. The van der Waals surface area contributed by atoms with E-state index in [-0.39, 0.29) is 0 Å². The molecule has 57 heavy (non-hydrogen) atoms. The molecular formula is C53H35N3S. The number of rotatable bonds is 6. The molecule has 7 aromatic carbocycles. The van der Waals surface area contributed by atoms with E-state index in [1.165, 1.54) is 53.0 Å². The van der Waals surface area contributed by atoms with Crippen molar-refractivity contribution >= 4 is 58.8 Å². The second kappa shape index (κ2) is 13.9. The maximum absolute atomic E-state index is 5.20.